The van der Waals surface area contributed by atoms with E-state index in [1.165, 1.54) is 0 Å². The predicted molar refractivity (Wildman–Crippen MR) is 52.6 cm³/mol. The molecule has 0 bridgehead atoms. The fraction of sp³-hybridized carbons (Fsp3) is 0.111. The maximum atomic E-state index is 4.15. The van der Waals surface area contributed by atoms with Gasteiger partial charge < -0.3 is 5.32 Å². The quantitative estimate of drug-likeness (QED) is 0.694. The van der Waals surface area contributed by atoms with Crippen molar-refractivity contribution in [2.75, 3.05) is 11.9 Å². The highest BCUT2D eigenvalue weighted by atomic mass is 15.1. The van der Waals surface area contributed by atoms with Crippen molar-refractivity contribution in [3.63, 3.8) is 0 Å². The van der Waals surface area contributed by atoms with Crippen molar-refractivity contribution < 1.29 is 0 Å². The lowest BCUT2D eigenvalue weighted by atomic mass is 10.3. The van der Waals surface area contributed by atoms with Crippen LogP contribution < -0.4 is 5.32 Å². The van der Waals surface area contributed by atoms with Gasteiger partial charge in [0.25, 0.3) is 0 Å². The SMILES string of the molecule is C=CCNc1ccnc2cn[nH]c12. The van der Waals surface area contributed by atoms with Crippen LogP contribution in [0.15, 0.2) is 31.1 Å². The molecule has 66 valence electrons. The van der Waals surface area contributed by atoms with Gasteiger partial charge in [0, 0.05) is 12.7 Å². The fourth-order valence-electron chi connectivity index (χ4n) is 1.18. The summed E-state index contributed by atoms with van der Waals surface area (Å²) in [6.45, 7) is 4.37. The largest absolute Gasteiger partial charge is 0.380 e. The van der Waals surface area contributed by atoms with Crippen molar-refractivity contribution in [1.82, 2.24) is 15.2 Å². The van der Waals surface area contributed by atoms with Gasteiger partial charge in [-0.1, -0.05) is 6.08 Å². The molecular formula is C9H10N4. The van der Waals surface area contributed by atoms with Crippen molar-refractivity contribution in [1.29, 1.82) is 0 Å². The van der Waals surface area contributed by atoms with Crippen LogP contribution in [0, 0.1) is 0 Å². The maximum Gasteiger partial charge on any atom is 0.110 e. The van der Waals surface area contributed by atoms with E-state index in [0.717, 1.165) is 23.3 Å². The average Bonchev–Trinajstić information content (AvgIpc) is 2.62. The van der Waals surface area contributed by atoms with Crippen LogP contribution in [-0.2, 0) is 0 Å². The van der Waals surface area contributed by atoms with E-state index in [1.807, 2.05) is 12.1 Å². The van der Waals surface area contributed by atoms with E-state index in [4.69, 9.17) is 0 Å². The molecule has 0 unspecified atom stereocenters. The van der Waals surface area contributed by atoms with E-state index >= 15 is 0 Å². The smallest absolute Gasteiger partial charge is 0.110 e. The minimum atomic E-state index is 0.734. The number of hydrogen-bond donors (Lipinski definition) is 2. The van der Waals surface area contributed by atoms with E-state index in [1.54, 1.807) is 12.4 Å². The monoisotopic (exact) mass is 174 g/mol. The molecule has 4 heteroatoms. The summed E-state index contributed by atoms with van der Waals surface area (Å²) in [4.78, 5) is 4.15. The molecule has 0 aliphatic rings. The molecule has 2 rings (SSSR count). The van der Waals surface area contributed by atoms with Crippen LogP contribution in [0.3, 0.4) is 0 Å². The maximum absolute atomic E-state index is 4.15. The van der Waals surface area contributed by atoms with Crippen LogP contribution in [0.25, 0.3) is 11.0 Å². The van der Waals surface area contributed by atoms with Gasteiger partial charge >= 0.3 is 0 Å². The minimum Gasteiger partial charge on any atom is -0.380 e. The topological polar surface area (TPSA) is 53.6 Å². The van der Waals surface area contributed by atoms with Gasteiger partial charge in [0.05, 0.1) is 11.9 Å². The van der Waals surface area contributed by atoms with Gasteiger partial charge in [-0.25, -0.2) is 0 Å². The molecule has 0 spiro atoms. The molecule has 2 aromatic rings. The Labute approximate surface area is 75.7 Å². The number of aromatic nitrogens is 3. The fourth-order valence-corrected chi connectivity index (χ4v) is 1.18. The summed E-state index contributed by atoms with van der Waals surface area (Å²) in [5.74, 6) is 0. The van der Waals surface area contributed by atoms with Crippen LogP contribution in [0.4, 0.5) is 5.69 Å². The minimum absolute atomic E-state index is 0.734. The summed E-state index contributed by atoms with van der Waals surface area (Å²) < 4.78 is 0. The molecule has 2 N–H and O–H groups in total. The molecule has 4 nitrogen and oxygen atoms in total. The lowest BCUT2D eigenvalue weighted by Crippen LogP contribution is -1.98. The van der Waals surface area contributed by atoms with Crippen LogP contribution in [0.1, 0.15) is 0 Å². The van der Waals surface area contributed by atoms with Crippen molar-refractivity contribution in [2.45, 2.75) is 0 Å². The lowest BCUT2D eigenvalue weighted by Gasteiger charge is -2.02. The highest BCUT2D eigenvalue weighted by Gasteiger charge is 2.00. The Balaban J connectivity index is 2.42. The standard InChI is InChI=1S/C9H10N4/c1-2-4-10-7-3-5-11-8-6-12-13-9(7)8/h2-3,5-6H,1,4H2,(H,10,11)(H,12,13). The molecule has 0 amide bonds. The van der Waals surface area contributed by atoms with Crippen LogP contribution in [0.5, 0.6) is 0 Å². The second kappa shape index (κ2) is 3.26. The van der Waals surface area contributed by atoms with E-state index in [-0.39, 0.29) is 0 Å². The number of aromatic amines is 1. The number of rotatable bonds is 3. The number of anilines is 1. The zero-order valence-electron chi connectivity index (χ0n) is 7.12. The van der Waals surface area contributed by atoms with Crippen molar-refractivity contribution >= 4 is 16.7 Å². The van der Waals surface area contributed by atoms with Gasteiger partial charge in [0.15, 0.2) is 0 Å². The van der Waals surface area contributed by atoms with Crippen molar-refractivity contribution in [3.05, 3.63) is 31.1 Å². The molecule has 0 saturated heterocycles. The molecule has 0 atom stereocenters. The summed E-state index contributed by atoms with van der Waals surface area (Å²) >= 11 is 0. The molecule has 2 aromatic heterocycles. The summed E-state index contributed by atoms with van der Waals surface area (Å²) in [5, 5.41) is 10.00. The van der Waals surface area contributed by atoms with Crippen LogP contribution in [0.2, 0.25) is 0 Å². The molecule has 0 saturated carbocycles. The number of nitrogens with zero attached hydrogens (tertiary/aromatic N) is 2. The van der Waals surface area contributed by atoms with Gasteiger partial charge in [-0.15, -0.1) is 6.58 Å². The first-order valence-electron chi connectivity index (χ1n) is 4.04. The third kappa shape index (κ3) is 1.38. The Hall–Kier alpha value is -1.84. The molecule has 0 fully saturated rings. The predicted octanol–water partition coefficient (Wildman–Crippen LogP) is 1.56. The first-order valence-corrected chi connectivity index (χ1v) is 4.04. The van der Waals surface area contributed by atoms with Gasteiger partial charge in [-0.05, 0) is 6.07 Å². The molecule has 0 radical (unpaired) electrons. The van der Waals surface area contributed by atoms with Crippen LogP contribution >= 0.6 is 0 Å². The third-order valence-electron chi connectivity index (χ3n) is 1.78. The van der Waals surface area contributed by atoms with Crippen LogP contribution in [-0.4, -0.2) is 21.7 Å². The number of fused-ring (bicyclic) bond motifs is 1. The number of nitrogens with one attached hydrogen (secondary N) is 2. The van der Waals surface area contributed by atoms with Gasteiger partial charge in [0.2, 0.25) is 0 Å². The zero-order chi connectivity index (χ0) is 9.10. The Morgan fingerprint density at radius 1 is 1.62 bits per heavy atom. The van der Waals surface area contributed by atoms with Gasteiger partial charge in [0.1, 0.15) is 11.0 Å². The molecule has 0 aromatic carbocycles. The normalized spacial score (nSPS) is 10.2. The summed E-state index contributed by atoms with van der Waals surface area (Å²) in [6, 6.07) is 1.91. The van der Waals surface area contributed by atoms with E-state index in [0.29, 0.717) is 0 Å². The first-order chi connectivity index (χ1) is 6.42. The van der Waals surface area contributed by atoms with E-state index < -0.39 is 0 Å². The Kier molecular flexibility index (Phi) is 1.96. The zero-order valence-corrected chi connectivity index (χ0v) is 7.12. The van der Waals surface area contributed by atoms with Gasteiger partial charge in [-0.3, -0.25) is 10.1 Å². The Bertz CT molecular complexity index is 418. The molecule has 0 aliphatic heterocycles. The highest BCUT2D eigenvalue weighted by molar-refractivity contribution is 5.86. The highest BCUT2D eigenvalue weighted by Crippen LogP contribution is 2.17. The van der Waals surface area contributed by atoms with Gasteiger partial charge in [-0.2, -0.15) is 5.10 Å². The molecule has 0 aliphatic carbocycles. The molecule has 13 heavy (non-hydrogen) atoms. The third-order valence-corrected chi connectivity index (χ3v) is 1.78. The average molecular weight is 174 g/mol. The molecule has 2 heterocycles. The van der Waals surface area contributed by atoms with Crippen molar-refractivity contribution in [3.8, 4) is 0 Å². The Morgan fingerprint density at radius 2 is 2.54 bits per heavy atom. The first kappa shape index (κ1) is 7.79. The lowest BCUT2D eigenvalue weighted by molar-refractivity contribution is 1.12. The van der Waals surface area contributed by atoms with Crippen molar-refractivity contribution in [2.24, 2.45) is 0 Å². The van der Waals surface area contributed by atoms with E-state index in [2.05, 4.69) is 27.1 Å². The second-order valence-corrected chi connectivity index (χ2v) is 2.66. The number of pyridine rings is 1. The second-order valence-electron chi connectivity index (χ2n) is 2.66. The Morgan fingerprint density at radius 3 is 3.38 bits per heavy atom. The van der Waals surface area contributed by atoms with E-state index in [9.17, 15) is 0 Å². The summed E-state index contributed by atoms with van der Waals surface area (Å²) in [5.41, 5.74) is 2.81. The summed E-state index contributed by atoms with van der Waals surface area (Å²) in [7, 11) is 0. The number of H-pyrrole nitrogens is 1. The summed E-state index contributed by atoms with van der Waals surface area (Å²) in [6.07, 6.45) is 5.26. The number of hydrogen-bond acceptors (Lipinski definition) is 3. The molecular weight excluding hydrogens is 164 g/mol.